The number of imidazole rings is 1. The van der Waals surface area contributed by atoms with Crippen molar-refractivity contribution in [2.75, 3.05) is 97.0 Å². The molecule has 3 aliphatic carbocycles. The number of anilines is 13. The van der Waals surface area contributed by atoms with Gasteiger partial charge in [-0.2, -0.15) is 20.4 Å². The Kier molecular flexibility index (Phi) is 24.6. The molecule has 16 aromatic heterocycles. The summed E-state index contributed by atoms with van der Waals surface area (Å²) in [5, 5.41) is 74.4. The highest BCUT2D eigenvalue weighted by atomic mass is 19.1. The van der Waals surface area contributed by atoms with Crippen LogP contribution in [0.4, 0.5) is 79.8 Å². The normalized spacial score (nSPS) is 16.7. The number of amides is 3. The number of rotatable bonds is 12. The summed E-state index contributed by atoms with van der Waals surface area (Å²) >= 11 is 0. The van der Waals surface area contributed by atoms with Crippen LogP contribution in [0.3, 0.4) is 0 Å². The fourth-order valence-electron chi connectivity index (χ4n) is 20.6. The molecule has 41 heteroatoms. The van der Waals surface area contributed by atoms with Gasteiger partial charge in [-0.05, 0) is 175 Å². The number of hydrogen-bond acceptors (Lipinski definition) is 32. The standard InChI is InChI=1S/C28H27FN10.2C26H28N8O2.C25H26N8O2/c1-15-20(11-33-28-16(2)37(3)14-34-27(15)28)19-8-17-9-22(32-12-21(17)26(30)25(19)29)35-23-10-18-4-6-38-7-5-31-24(38)13-39(18)36-23;2*1-14-18-10-17(35)3-4-21(18)28-11-19(14)22-7-15-8-23(29-12-20(15)26(27)30-22)31-24-9-16-5-6-33(2)25(36)13-34(16)32-24;1-13-17-9-16(34)2-3-20(17)28-10-18(13)21-6-14-7-22(29-11-19(14)25(26)30-21)31-23-8-15-4-5-27-24(35)12-33(15)32-23/h5,7-12,34H,2,4,6,13-14,30H2,1,3H3,(H,32,35,36);2*7-9,11-12,17,35H,3-6,10,13H2,1-2H3,(H2,27,30)(H,29,31,32);6-8,10-11,16,34H,2-5,9,12H2,1H3,(H2,26,30)(H,27,35)(H,29,31,32)/t;2*17-;16-/m.101/s1. The Morgan fingerprint density at radius 2 is 0.795 bits per heavy atom. The van der Waals surface area contributed by atoms with E-state index in [9.17, 15) is 29.7 Å². The first-order valence-corrected chi connectivity index (χ1v) is 48.8. The van der Waals surface area contributed by atoms with E-state index in [1.54, 1.807) is 60.9 Å². The molecular weight excluding hydrogens is 1850 g/mol. The summed E-state index contributed by atoms with van der Waals surface area (Å²) in [6.07, 6.45) is 26.3. The molecule has 0 radical (unpaired) electrons. The molecule has 3 atom stereocenters. The molecule has 25 rings (SSSR count). The van der Waals surface area contributed by atoms with Crippen LogP contribution in [0, 0.1) is 33.5 Å². The summed E-state index contributed by atoms with van der Waals surface area (Å²) in [6, 6.07) is 23.3. The van der Waals surface area contributed by atoms with Crippen LogP contribution in [0.25, 0.3) is 93.7 Å². The molecule has 17 N–H and O–H groups in total. The van der Waals surface area contributed by atoms with E-state index in [1.807, 2.05) is 135 Å². The molecular formula is C105H109FN34O6. The summed E-state index contributed by atoms with van der Waals surface area (Å²) in [4.78, 5) is 96.6. The minimum absolute atomic E-state index is 0.0424. The summed E-state index contributed by atoms with van der Waals surface area (Å²) in [5.74, 6) is 6.81. The lowest BCUT2D eigenvalue weighted by Crippen LogP contribution is -2.30. The highest BCUT2D eigenvalue weighted by Crippen LogP contribution is 2.44. The number of hydrogen-bond donors (Lipinski definition) is 13. The lowest BCUT2D eigenvalue weighted by molar-refractivity contribution is -0.131. The van der Waals surface area contributed by atoms with Gasteiger partial charge in [-0.15, -0.1) is 0 Å². The zero-order valence-electron chi connectivity index (χ0n) is 81.7. The Hall–Kier alpha value is -17.1. The van der Waals surface area contributed by atoms with Crippen molar-refractivity contribution in [3.8, 4) is 44.9 Å². The summed E-state index contributed by atoms with van der Waals surface area (Å²) in [7, 11) is 5.57. The average Bonchev–Trinajstić information content (AvgIpc) is 0.800. The number of aliphatic hydroxyl groups excluding tert-OH is 3. The van der Waals surface area contributed by atoms with Gasteiger partial charge in [0.25, 0.3) is 0 Å². The second-order valence-corrected chi connectivity index (χ2v) is 38.6. The molecule has 0 bridgehead atoms. The number of benzene rings is 1. The number of nitrogens with two attached hydrogens (primary N) is 4. The van der Waals surface area contributed by atoms with E-state index >= 15 is 4.39 Å². The van der Waals surface area contributed by atoms with Gasteiger partial charge >= 0.3 is 0 Å². The smallest absolute Gasteiger partial charge is 0.244 e. The molecule has 8 aliphatic rings. The van der Waals surface area contributed by atoms with Gasteiger partial charge in [0.15, 0.2) is 29.1 Å². The van der Waals surface area contributed by atoms with Crippen molar-refractivity contribution in [1.82, 2.24) is 124 Å². The van der Waals surface area contributed by atoms with Crippen LogP contribution in [-0.4, -0.2) is 217 Å². The van der Waals surface area contributed by atoms with Gasteiger partial charge < -0.3 is 89.4 Å². The molecule has 5 aliphatic heterocycles. The number of nitrogens with one attached hydrogen (secondary N) is 6. The maximum Gasteiger partial charge on any atom is 0.244 e. The second-order valence-electron chi connectivity index (χ2n) is 38.6. The van der Waals surface area contributed by atoms with Gasteiger partial charge in [-0.1, -0.05) is 6.58 Å². The summed E-state index contributed by atoms with van der Waals surface area (Å²) < 4.78 is 24.9. The van der Waals surface area contributed by atoms with Gasteiger partial charge in [0, 0.05) is 268 Å². The molecule has 1 aromatic carbocycles. The first-order chi connectivity index (χ1) is 70.5. The third-order valence-electron chi connectivity index (χ3n) is 29.0. The maximum atomic E-state index is 15.6. The van der Waals surface area contributed by atoms with Gasteiger partial charge in [-0.3, -0.25) is 53.0 Å². The van der Waals surface area contributed by atoms with Crippen LogP contribution in [0.15, 0.2) is 141 Å². The van der Waals surface area contributed by atoms with E-state index in [2.05, 4.69) is 139 Å². The molecule has 40 nitrogen and oxygen atoms in total. The van der Waals surface area contributed by atoms with Crippen molar-refractivity contribution in [1.29, 1.82) is 0 Å². The second kappa shape index (κ2) is 38.3. The zero-order valence-corrected chi connectivity index (χ0v) is 81.7. The highest BCUT2D eigenvalue weighted by molar-refractivity contribution is 6.01. The molecule has 17 aromatic rings. The van der Waals surface area contributed by atoms with Crippen LogP contribution in [0.5, 0.6) is 0 Å². The molecule has 0 unspecified atom stereocenters. The zero-order chi connectivity index (χ0) is 101. The predicted octanol–water partition coefficient (Wildman–Crippen LogP) is 11.2. The topological polar surface area (TPSA) is 529 Å². The van der Waals surface area contributed by atoms with Gasteiger partial charge in [0.05, 0.1) is 65.7 Å². The van der Waals surface area contributed by atoms with E-state index in [0.717, 1.165) is 244 Å². The van der Waals surface area contributed by atoms with E-state index < -0.39 is 5.82 Å². The number of aryl methyl sites for hydroxylation is 5. The third-order valence-corrected chi connectivity index (χ3v) is 29.0. The number of aliphatic hydroxyl groups is 3. The number of carbonyl (C=O) groups excluding carboxylic acids is 3. The number of halogens is 1. The largest absolute Gasteiger partial charge is 0.396 e. The minimum atomic E-state index is -0.488. The van der Waals surface area contributed by atoms with Crippen molar-refractivity contribution < 1.29 is 34.1 Å². The number of pyridine rings is 11. The molecule has 0 saturated carbocycles. The Bertz CT molecular complexity index is 7960. The summed E-state index contributed by atoms with van der Waals surface area (Å²) in [5.41, 5.74) is 48.5. The van der Waals surface area contributed by atoms with Crippen molar-refractivity contribution in [3.63, 3.8) is 0 Å². The number of carbonyl (C=O) groups is 3. The first kappa shape index (κ1) is 93.9. The monoisotopic (exact) mass is 1960 g/mol. The molecule has 3 amide bonds. The summed E-state index contributed by atoms with van der Waals surface area (Å²) in [6.45, 7) is 16.9. The van der Waals surface area contributed by atoms with Gasteiger partial charge in [0.1, 0.15) is 71.9 Å². The van der Waals surface area contributed by atoms with Crippen molar-refractivity contribution in [2.45, 2.75) is 162 Å². The van der Waals surface area contributed by atoms with Crippen LogP contribution in [0.2, 0.25) is 0 Å². The van der Waals surface area contributed by atoms with Crippen molar-refractivity contribution in [2.24, 2.45) is 0 Å². The van der Waals surface area contributed by atoms with Gasteiger partial charge in [0.2, 0.25) is 17.7 Å². The predicted molar refractivity (Wildman–Crippen MR) is 556 cm³/mol. The third kappa shape index (κ3) is 18.5. The van der Waals surface area contributed by atoms with E-state index in [-0.39, 0.29) is 61.4 Å². The molecule has 0 saturated heterocycles. The maximum absolute atomic E-state index is 15.6. The molecule has 0 fully saturated rings. The van der Waals surface area contributed by atoms with Crippen molar-refractivity contribution in [3.05, 3.63) is 237 Å². The number of fused-ring (bicyclic) bond motifs is 13. The van der Waals surface area contributed by atoms with E-state index in [1.165, 1.54) is 0 Å². The Balaban J connectivity index is 0.000000111. The fraction of sp³-hybridized carbons (Fsp3) is 0.305. The first-order valence-electron chi connectivity index (χ1n) is 48.8. The molecule has 21 heterocycles. The number of nitrogen functional groups attached to an aromatic ring is 4. The van der Waals surface area contributed by atoms with Gasteiger partial charge in [-0.25, -0.2) is 44.3 Å². The van der Waals surface area contributed by atoms with Crippen LogP contribution >= 0.6 is 0 Å². The lowest BCUT2D eigenvalue weighted by Gasteiger charge is -2.31. The Morgan fingerprint density at radius 3 is 1.23 bits per heavy atom. The SMILES string of the molecule is C=C1c2ncc(-c3cc4cc(Nc5cc6n(n5)Cc5nccn5CC6)ncc4c(N)c3F)c(C)c2NCN1C.Cc1c(-c2cc3cc(Nc4cc5n(n4)CC(=O)N(C)CC5)ncc3c(N)n2)cnc2c1C[C@@H](O)CC2.Cc1c(-c2cc3cc(Nc4cc5n(n4)CC(=O)N(C)CC5)ncc3c(N)n2)cnc2c1C[C@H](O)CC2.Cc1c(-c2cc3cc(Nc4cc5n(n4)CC(=O)NCC5)ncc3c(N)n2)cnc2c1C[C@H](O)CC2. The van der Waals surface area contributed by atoms with E-state index in [0.29, 0.717) is 133 Å². The number of likely N-dealkylation sites (N-methyl/N-ethyl adjacent to an activating group) is 2. The molecule has 0 spiro atoms. The highest BCUT2D eigenvalue weighted by Gasteiger charge is 2.32. The van der Waals surface area contributed by atoms with Crippen LogP contribution in [0.1, 0.15) is 110 Å². The van der Waals surface area contributed by atoms with Crippen LogP contribution < -0.4 is 54.8 Å². The number of aromatic nitrogens is 21. The van der Waals surface area contributed by atoms with Crippen molar-refractivity contribution >= 4 is 142 Å². The lowest BCUT2D eigenvalue weighted by atomic mass is 9.88. The van der Waals surface area contributed by atoms with Crippen LogP contribution in [-0.2, 0) is 111 Å². The van der Waals surface area contributed by atoms with E-state index in [4.69, 9.17) is 28.0 Å². The molecule has 742 valence electrons. The number of nitrogens with zero attached hydrogens (tertiary/aromatic N) is 24. The minimum Gasteiger partial charge on any atom is -0.396 e. The Labute approximate surface area is 836 Å². The molecule has 146 heavy (non-hydrogen) atoms. The average molecular weight is 1960 g/mol. The quantitative estimate of drug-likeness (QED) is 0.0505. The fourth-order valence-corrected chi connectivity index (χ4v) is 20.6. The Morgan fingerprint density at radius 1 is 0.404 bits per heavy atom.